The number of fused-ring (bicyclic) bond motifs is 2. The molecule has 1 amide bonds. The predicted molar refractivity (Wildman–Crippen MR) is 137 cm³/mol. The first-order valence-electron chi connectivity index (χ1n) is 12.1. The van der Waals surface area contributed by atoms with Crippen molar-refractivity contribution in [2.75, 3.05) is 11.4 Å². The first-order valence-corrected chi connectivity index (χ1v) is 12.1. The minimum absolute atomic E-state index is 0.0405. The highest BCUT2D eigenvalue weighted by Gasteiger charge is 2.39. The molecule has 3 aromatic heterocycles. The molecule has 6 rings (SSSR count). The Morgan fingerprint density at radius 3 is 2.66 bits per heavy atom. The van der Waals surface area contributed by atoms with E-state index in [9.17, 15) is 18.0 Å². The predicted octanol–water partition coefficient (Wildman–Crippen LogP) is 5.48. The van der Waals surface area contributed by atoms with Crippen LogP contribution in [0, 0.1) is 6.92 Å². The second kappa shape index (κ2) is 8.83. The van der Waals surface area contributed by atoms with E-state index >= 15 is 0 Å². The molecule has 4 heterocycles. The average Bonchev–Trinajstić information content (AvgIpc) is 3.53. The van der Waals surface area contributed by atoms with Crippen molar-refractivity contribution < 1.29 is 18.0 Å². The van der Waals surface area contributed by atoms with E-state index in [4.69, 9.17) is 0 Å². The van der Waals surface area contributed by atoms with Gasteiger partial charge in [-0.1, -0.05) is 23.8 Å². The van der Waals surface area contributed by atoms with Gasteiger partial charge in [-0.25, -0.2) is 4.98 Å². The lowest BCUT2D eigenvalue weighted by Crippen LogP contribution is -2.38. The van der Waals surface area contributed by atoms with Crippen LogP contribution < -0.4 is 4.90 Å². The van der Waals surface area contributed by atoms with E-state index in [2.05, 4.69) is 20.1 Å². The highest BCUT2D eigenvalue weighted by Crippen LogP contribution is 2.41. The van der Waals surface area contributed by atoms with Crippen LogP contribution in [-0.4, -0.2) is 37.2 Å². The Kier molecular flexibility index (Phi) is 5.55. The van der Waals surface area contributed by atoms with Gasteiger partial charge in [-0.2, -0.15) is 18.3 Å². The molecule has 0 aliphatic carbocycles. The summed E-state index contributed by atoms with van der Waals surface area (Å²) in [7, 11) is 1.46. The largest absolute Gasteiger partial charge is 0.435 e. The van der Waals surface area contributed by atoms with E-state index in [1.165, 1.54) is 13.2 Å². The number of carbonyl (C=O) groups excluding carboxylic acids is 1. The number of amides is 1. The Morgan fingerprint density at radius 1 is 1.08 bits per heavy atom. The third-order valence-corrected chi connectivity index (χ3v) is 6.87. The molecule has 10 heteroatoms. The maximum Gasteiger partial charge on any atom is 0.435 e. The standard InChI is InChI=1S/C28H23F3N6O/c1-16-3-4-18-13-32-14-24(20(18)9-16)37-8-5-19-21(23-15-36(2)35-26(23)28(29,30)31)10-17(11-22(19)27(37)38)12-25-33-6-7-34-25/h3-4,6-7,9-11,13-15H,5,8,12H2,1-2H3,(H,33,34). The van der Waals surface area contributed by atoms with E-state index in [-0.39, 0.29) is 11.5 Å². The Balaban J connectivity index is 1.53. The van der Waals surface area contributed by atoms with E-state index in [0.717, 1.165) is 21.0 Å². The third-order valence-electron chi connectivity index (χ3n) is 6.87. The van der Waals surface area contributed by atoms with Gasteiger partial charge in [0.1, 0.15) is 5.82 Å². The SMILES string of the molecule is Cc1ccc2cncc(N3CCc4c(cc(Cc5ncc[nH]5)cc4-c4cn(C)nc4C(F)(F)F)C3=O)c2c1. The fraction of sp³-hybridized carbons (Fsp3) is 0.214. The van der Waals surface area contributed by atoms with Gasteiger partial charge in [-0.3, -0.25) is 14.5 Å². The zero-order valence-corrected chi connectivity index (χ0v) is 20.7. The molecule has 1 aliphatic heterocycles. The monoisotopic (exact) mass is 516 g/mol. The van der Waals surface area contributed by atoms with Crippen LogP contribution in [-0.2, 0) is 26.1 Å². The fourth-order valence-electron chi connectivity index (χ4n) is 5.19. The van der Waals surface area contributed by atoms with Gasteiger partial charge in [0.15, 0.2) is 5.69 Å². The summed E-state index contributed by atoms with van der Waals surface area (Å²) < 4.78 is 43.0. The molecule has 0 saturated carbocycles. The van der Waals surface area contributed by atoms with Crippen LogP contribution in [0.2, 0.25) is 0 Å². The molecule has 38 heavy (non-hydrogen) atoms. The highest BCUT2D eigenvalue weighted by molar-refractivity contribution is 6.13. The van der Waals surface area contributed by atoms with Crippen molar-refractivity contribution in [1.29, 1.82) is 0 Å². The number of imidazole rings is 1. The number of aryl methyl sites for hydroxylation is 2. The summed E-state index contributed by atoms with van der Waals surface area (Å²) in [5, 5.41) is 5.51. The Morgan fingerprint density at radius 2 is 1.89 bits per heavy atom. The minimum atomic E-state index is -4.64. The smallest absolute Gasteiger partial charge is 0.348 e. The van der Waals surface area contributed by atoms with Gasteiger partial charge in [0.2, 0.25) is 0 Å². The Bertz CT molecular complexity index is 1690. The molecule has 0 atom stereocenters. The second-order valence-corrected chi connectivity index (χ2v) is 9.53. The zero-order valence-electron chi connectivity index (χ0n) is 20.7. The average molecular weight is 517 g/mol. The molecule has 0 unspecified atom stereocenters. The first kappa shape index (κ1) is 23.9. The summed E-state index contributed by atoms with van der Waals surface area (Å²) in [4.78, 5) is 27.3. The van der Waals surface area contributed by atoms with Crippen molar-refractivity contribution in [2.24, 2.45) is 7.05 Å². The molecule has 0 spiro atoms. The Hall–Kier alpha value is -4.47. The number of benzene rings is 2. The summed E-state index contributed by atoms with van der Waals surface area (Å²) in [6, 6.07) is 9.45. The number of halogens is 3. The molecule has 0 radical (unpaired) electrons. The number of aromatic nitrogens is 5. The molecule has 0 fully saturated rings. The molecule has 5 aromatic rings. The van der Waals surface area contributed by atoms with Gasteiger partial charge in [0, 0.05) is 66.7 Å². The van der Waals surface area contributed by atoms with Crippen molar-refractivity contribution in [3.05, 3.63) is 95.1 Å². The molecule has 1 aliphatic rings. The van der Waals surface area contributed by atoms with Crippen LogP contribution >= 0.6 is 0 Å². The molecule has 1 N–H and O–H groups in total. The van der Waals surface area contributed by atoms with Crippen molar-refractivity contribution in [3.8, 4) is 11.1 Å². The van der Waals surface area contributed by atoms with E-state index < -0.39 is 11.9 Å². The number of hydrogen-bond acceptors (Lipinski definition) is 4. The summed E-state index contributed by atoms with van der Waals surface area (Å²) >= 11 is 0. The number of aromatic amines is 1. The van der Waals surface area contributed by atoms with Gasteiger partial charge in [-0.15, -0.1) is 0 Å². The molecular weight excluding hydrogens is 493 g/mol. The maximum atomic E-state index is 14.0. The number of anilines is 1. The number of rotatable bonds is 4. The number of hydrogen-bond donors (Lipinski definition) is 1. The van der Waals surface area contributed by atoms with E-state index in [1.807, 2.05) is 25.1 Å². The van der Waals surface area contributed by atoms with Crippen molar-refractivity contribution >= 4 is 22.4 Å². The van der Waals surface area contributed by atoms with Crippen LogP contribution in [0.5, 0.6) is 0 Å². The lowest BCUT2D eigenvalue weighted by Gasteiger charge is -2.31. The van der Waals surface area contributed by atoms with Crippen LogP contribution in [0.25, 0.3) is 21.9 Å². The number of carbonyl (C=O) groups is 1. The number of nitrogens with zero attached hydrogens (tertiary/aromatic N) is 5. The van der Waals surface area contributed by atoms with Gasteiger partial charge >= 0.3 is 6.18 Å². The van der Waals surface area contributed by atoms with Crippen molar-refractivity contribution in [2.45, 2.75) is 25.9 Å². The van der Waals surface area contributed by atoms with Gasteiger partial charge in [-0.05, 0) is 42.2 Å². The first-order chi connectivity index (χ1) is 18.2. The quantitative estimate of drug-likeness (QED) is 0.343. The normalized spacial score (nSPS) is 13.8. The van der Waals surface area contributed by atoms with Crippen molar-refractivity contribution in [3.63, 3.8) is 0 Å². The van der Waals surface area contributed by atoms with Gasteiger partial charge in [0.05, 0.1) is 11.9 Å². The van der Waals surface area contributed by atoms with E-state index in [0.29, 0.717) is 53.2 Å². The number of alkyl halides is 3. The van der Waals surface area contributed by atoms with Crippen LogP contribution in [0.1, 0.15) is 38.6 Å². The molecule has 192 valence electrons. The highest BCUT2D eigenvalue weighted by atomic mass is 19.4. The number of H-pyrrole nitrogens is 1. The second-order valence-electron chi connectivity index (χ2n) is 9.53. The molecule has 0 saturated heterocycles. The molecule has 0 bridgehead atoms. The third kappa shape index (κ3) is 4.11. The summed E-state index contributed by atoms with van der Waals surface area (Å²) in [5.74, 6) is 0.369. The fourth-order valence-corrected chi connectivity index (χ4v) is 5.19. The van der Waals surface area contributed by atoms with Gasteiger partial charge < -0.3 is 9.88 Å². The molecule has 2 aromatic carbocycles. The van der Waals surface area contributed by atoms with Crippen LogP contribution in [0.4, 0.5) is 18.9 Å². The number of nitrogens with one attached hydrogen (secondary N) is 1. The summed E-state index contributed by atoms with van der Waals surface area (Å²) in [6.45, 7) is 2.29. The molecular formula is C28H23F3N6O. The zero-order chi connectivity index (χ0) is 26.6. The molecule has 7 nitrogen and oxygen atoms in total. The van der Waals surface area contributed by atoms with Crippen molar-refractivity contribution in [1.82, 2.24) is 24.7 Å². The van der Waals surface area contributed by atoms with Gasteiger partial charge in [0.25, 0.3) is 5.91 Å². The topological polar surface area (TPSA) is 79.7 Å². The minimum Gasteiger partial charge on any atom is -0.348 e. The summed E-state index contributed by atoms with van der Waals surface area (Å²) in [5.41, 5.74) is 2.71. The van der Waals surface area contributed by atoms with E-state index in [1.54, 1.807) is 41.8 Å². The lowest BCUT2D eigenvalue weighted by atomic mass is 9.87. The lowest BCUT2D eigenvalue weighted by molar-refractivity contribution is -0.140. The number of pyridine rings is 1. The maximum absolute atomic E-state index is 14.0. The van der Waals surface area contributed by atoms with Crippen LogP contribution in [0.3, 0.4) is 0 Å². The van der Waals surface area contributed by atoms with Crippen LogP contribution in [0.15, 0.2) is 61.3 Å². The Labute approximate surface area is 216 Å². The summed E-state index contributed by atoms with van der Waals surface area (Å²) in [6.07, 6.45) is 4.15.